The van der Waals surface area contributed by atoms with Gasteiger partial charge in [-0.25, -0.2) is 0 Å². The second-order valence-corrected chi connectivity index (χ2v) is 6.25. The molecule has 7 heteroatoms. The zero-order chi connectivity index (χ0) is 18.6. The molecule has 0 saturated heterocycles. The normalized spacial score (nSPS) is 11.4. The van der Waals surface area contributed by atoms with E-state index in [-0.39, 0.29) is 24.9 Å². The zero-order valence-electron chi connectivity index (χ0n) is 15.0. The van der Waals surface area contributed by atoms with Crippen molar-refractivity contribution in [2.75, 3.05) is 25.9 Å². The van der Waals surface area contributed by atoms with Gasteiger partial charge in [0, 0.05) is 12.6 Å². The maximum atomic E-state index is 12.9. The number of nitrogens with two attached hydrogens (primary N) is 1. The van der Waals surface area contributed by atoms with Gasteiger partial charge >= 0.3 is 0 Å². The minimum Gasteiger partial charge on any atom is -0.496 e. The van der Waals surface area contributed by atoms with Gasteiger partial charge in [0.1, 0.15) is 5.75 Å². The lowest BCUT2D eigenvalue weighted by molar-refractivity contribution is 0.0632. The van der Waals surface area contributed by atoms with Crippen molar-refractivity contribution in [3.63, 3.8) is 0 Å². The largest absolute Gasteiger partial charge is 0.496 e. The van der Waals surface area contributed by atoms with Crippen LogP contribution in [0.3, 0.4) is 0 Å². The fourth-order valence-electron chi connectivity index (χ4n) is 2.53. The summed E-state index contributed by atoms with van der Waals surface area (Å²) < 4.78 is 5.25. The average Bonchev–Trinajstić information content (AvgIpc) is 2.61. The van der Waals surface area contributed by atoms with Crippen molar-refractivity contribution in [3.8, 4) is 5.75 Å². The van der Waals surface area contributed by atoms with Crippen LogP contribution in [0.15, 0.2) is 36.4 Å². The van der Waals surface area contributed by atoms with Gasteiger partial charge in [-0.15, -0.1) is 12.4 Å². The van der Waals surface area contributed by atoms with E-state index in [0.717, 1.165) is 11.1 Å². The molecule has 0 bridgehead atoms. The van der Waals surface area contributed by atoms with Crippen molar-refractivity contribution in [1.82, 2.24) is 4.90 Å². The predicted molar refractivity (Wildman–Crippen MR) is 107 cm³/mol. The molecule has 0 saturated carbocycles. The van der Waals surface area contributed by atoms with E-state index in [1.165, 1.54) is 19.2 Å². The number of methoxy groups -OCH3 is 1. The number of amides is 1. The van der Waals surface area contributed by atoms with Crippen LogP contribution >= 0.6 is 24.0 Å². The van der Waals surface area contributed by atoms with Gasteiger partial charge in [0.25, 0.3) is 5.91 Å². The number of rotatable bonds is 6. The van der Waals surface area contributed by atoms with Gasteiger partial charge in [-0.1, -0.05) is 41.4 Å². The van der Waals surface area contributed by atoms with E-state index >= 15 is 0 Å². The molecule has 3 N–H and O–H groups in total. The van der Waals surface area contributed by atoms with Crippen LogP contribution in [0.1, 0.15) is 34.5 Å². The third-order valence-corrected chi connectivity index (χ3v) is 4.40. The van der Waals surface area contributed by atoms with Crippen molar-refractivity contribution in [1.29, 1.82) is 0 Å². The number of hydrogen-bond donors (Lipinski definition) is 2. The van der Waals surface area contributed by atoms with Crippen LogP contribution in [0.25, 0.3) is 0 Å². The van der Waals surface area contributed by atoms with Crippen LogP contribution in [0, 0.1) is 6.92 Å². The molecular formula is C19H24Cl2N2O3. The Hall–Kier alpha value is -1.95. The number of likely N-dealkylation sites (N-methyl/N-ethyl adjacent to an activating group) is 1. The Labute approximate surface area is 165 Å². The third kappa shape index (κ3) is 5.04. The quantitative estimate of drug-likeness (QED) is 0.724. The molecule has 2 rings (SSSR count). The van der Waals surface area contributed by atoms with E-state index < -0.39 is 6.10 Å². The molecule has 0 aliphatic heterocycles. The highest BCUT2D eigenvalue weighted by Crippen LogP contribution is 2.30. The minimum absolute atomic E-state index is 0. The molecule has 0 spiro atoms. The zero-order valence-corrected chi connectivity index (χ0v) is 16.6. The highest BCUT2D eigenvalue weighted by molar-refractivity contribution is 6.33. The number of aryl methyl sites for hydroxylation is 1. The van der Waals surface area contributed by atoms with Crippen LogP contribution in [-0.2, 0) is 0 Å². The molecule has 26 heavy (non-hydrogen) atoms. The predicted octanol–water partition coefficient (Wildman–Crippen LogP) is 3.86. The Balaban J connectivity index is 0.00000338. The number of nitrogens with zero attached hydrogens (tertiary/aromatic N) is 1. The number of aliphatic hydroxyl groups is 1. The first-order chi connectivity index (χ1) is 11.9. The first kappa shape index (κ1) is 22.1. The van der Waals surface area contributed by atoms with Gasteiger partial charge in [-0.3, -0.25) is 4.79 Å². The van der Waals surface area contributed by atoms with E-state index in [1.54, 1.807) is 4.90 Å². The van der Waals surface area contributed by atoms with Crippen molar-refractivity contribution >= 4 is 35.6 Å². The van der Waals surface area contributed by atoms with E-state index in [9.17, 15) is 9.90 Å². The first-order valence-corrected chi connectivity index (χ1v) is 8.42. The Bertz CT molecular complexity index is 751. The van der Waals surface area contributed by atoms with Gasteiger partial charge in [0.05, 0.1) is 36.0 Å². The number of ether oxygens (including phenoxy) is 1. The molecule has 1 unspecified atom stereocenters. The summed E-state index contributed by atoms with van der Waals surface area (Å²) in [4.78, 5) is 14.4. The number of anilines is 1. The number of hydrogen-bond acceptors (Lipinski definition) is 4. The smallest absolute Gasteiger partial charge is 0.257 e. The van der Waals surface area contributed by atoms with E-state index in [1.807, 2.05) is 38.1 Å². The number of benzene rings is 2. The fourth-order valence-corrected chi connectivity index (χ4v) is 2.70. The van der Waals surface area contributed by atoms with Gasteiger partial charge < -0.3 is 20.5 Å². The number of nitrogen functional groups attached to an aromatic ring is 1. The first-order valence-electron chi connectivity index (χ1n) is 8.04. The highest BCUT2D eigenvalue weighted by atomic mass is 35.5. The minimum atomic E-state index is -0.778. The molecule has 1 atom stereocenters. The SMILES string of the molecule is CCN(CC(O)c1ccc(C)cc1)C(=O)c1cc(Cl)c(N)cc1OC.Cl. The number of aliphatic hydroxyl groups excluding tert-OH is 1. The van der Waals surface area contributed by atoms with Crippen LogP contribution in [-0.4, -0.2) is 36.1 Å². The molecule has 0 aromatic heterocycles. The Morgan fingerprint density at radius 3 is 2.46 bits per heavy atom. The Morgan fingerprint density at radius 2 is 1.92 bits per heavy atom. The third-order valence-electron chi connectivity index (χ3n) is 4.07. The van der Waals surface area contributed by atoms with Gasteiger partial charge in [0.2, 0.25) is 0 Å². The van der Waals surface area contributed by atoms with Crippen molar-refractivity contribution in [3.05, 3.63) is 58.1 Å². The average molecular weight is 399 g/mol. The summed E-state index contributed by atoms with van der Waals surface area (Å²) in [5.41, 5.74) is 8.31. The van der Waals surface area contributed by atoms with Crippen LogP contribution < -0.4 is 10.5 Å². The topological polar surface area (TPSA) is 75.8 Å². The number of carbonyl (C=O) groups is 1. The fraction of sp³-hybridized carbons (Fsp3) is 0.316. The molecule has 0 aliphatic rings. The lowest BCUT2D eigenvalue weighted by Gasteiger charge is -2.25. The second-order valence-electron chi connectivity index (χ2n) is 5.84. The molecule has 0 aliphatic carbocycles. The molecule has 0 radical (unpaired) electrons. The molecule has 5 nitrogen and oxygen atoms in total. The molecule has 1 amide bonds. The number of halogens is 2. The van der Waals surface area contributed by atoms with E-state index in [4.69, 9.17) is 22.1 Å². The summed E-state index contributed by atoms with van der Waals surface area (Å²) in [6, 6.07) is 10.6. The summed E-state index contributed by atoms with van der Waals surface area (Å²) in [6.07, 6.45) is -0.778. The van der Waals surface area contributed by atoms with Crippen molar-refractivity contribution < 1.29 is 14.6 Å². The number of carbonyl (C=O) groups excluding carboxylic acids is 1. The van der Waals surface area contributed by atoms with Crippen LogP contribution in [0.4, 0.5) is 5.69 Å². The van der Waals surface area contributed by atoms with Crippen LogP contribution in [0.2, 0.25) is 5.02 Å². The molecule has 0 heterocycles. The summed E-state index contributed by atoms with van der Waals surface area (Å²) in [6.45, 7) is 4.44. The Kier molecular flexibility index (Phi) is 8.21. The molecule has 0 fully saturated rings. The van der Waals surface area contributed by atoms with Gasteiger partial charge in [-0.05, 0) is 25.5 Å². The Morgan fingerprint density at radius 1 is 1.31 bits per heavy atom. The van der Waals surface area contributed by atoms with Crippen molar-refractivity contribution in [2.24, 2.45) is 0 Å². The second kappa shape index (κ2) is 9.67. The summed E-state index contributed by atoms with van der Waals surface area (Å²) >= 11 is 6.05. The highest BCUT2D eigenvalue weighted by Gasteiger charge is 2.22. The lowest BCUT2D eigenvalue weighted by atomic mass is 10.1. The summed E-state index contributed by atoms with van der Waals surface area (Å²) in [5, 5.41) is 10.8. The van der Waals surface area contributed by atoms with Crippen LogP contribution in [0.5, 0.6) is 5.75 Å². The van der Waals surface area contributed by atoms with E-state index in [0.29, 0.717) is 28.6 Å². The lowest BCUT2D eigenvalue weighted by Crippen LogP contribution is -2.35. The monoisotopic (exact) mass is 398 g/mol. The van der Waals surface area contributed by atoms with Gasteiger partial charge in [0.15, 0.2) is 0 Å². The standard InChI is InChI=1S/C19H23ClN2O3.ClH/c1-4-22(11-17(23)13-7-5-12(2)6-8-13)19(24)14-9-15(20)16(21)10-18(14)25-3;/h5-10,17,23H,4,11,21H2,1-3H3;1H. The molecule has 142 valence electrons. The maximum absolute atomic E-state index is 12.9. The molecule has 2 aromatic rings. The molecular weight excluding hydrogens is 375 g/mol. The molecule has 2 aromatic carbocycles. The maximum Gasteiger partial charge on any atom is 0.257 e. The van der Waals surface area contributed by atoms with Gasteiger partial charge in [-0.2, -0.15) is 0 Å². The summed E-state index contributed by atoms with van der Waals surface area (Å²) in [7, 11) is 1.47. The van der Waals surface area contributed by atoms with E-state index in [2.05, 4.69) is 0 Å². The summed E-state index contributed by atoms with van der Waals surface area (Å²) in [5.74, 6) is 0.0857. The van der Waals surface area contributed by atoms with Crippen molar-refractivity contribution in [2.45, 2.75) is 20.0 Å².